The van der Waals surface area contributed by atoms with Crippen LogP contribution in [0.4, 0.5) is 0 Å². The van der Waals surface area contributed by atoms with Crippen molar-refractivity contribution in [1.82, 2.24) is 9.88 Å². The lowest BCUT2D eigenvalue weighted by atomic mass is 10.2. The highest BCUT2D eigenvalue weighted by Crippen LogP contribution is 2.10. The predicted octanol–water partition coefficient (Wildman–Crippen LogP) is 1.05. The van der Waals surface area contributed by atoms with Crippen LogP contribution < -0.4 is 0 Å². The molecule has 6 nitrogen and oxygen atoms in total. The third-order valence-electron chi connectivity index (χ3n) is 2.93. The number of hydrogen-bond donors (Lipinski definition) is 1. The number of amides is 1. The number of ether oxygens (including phenoxy) is 2. The summed E-state index contributed by atoms with van der Waals surface area (Å²) in [5.41, 5.74) is 0.779. The average Bonchev–Trinajstić information content (AvgIpc) is 2.74. The van der Waals surface area contributed by atoms with Gasteiger partial charge in [0.05, 0.1) is 18.8 Å². The van der Waals surface area contributed by atoms with Gasteiger partial charge < -0.3 is 19.4 Å². The average molecular weight is 266 g/mol. The summed E-state index contributed by atoms with van der Waals surface area (Å²) in [4.78, 5) is 28.3. The quantitative estimate of drug-likeness (QED) is 0.830. The monoisotopic (exact) mass is 266 g/mol. The van der Waals surface area contributed by atoms with Gasteiger partial charge in [-0.15, -0.1) is 0 Å². The number of rotatable bonds is 3. The summed E-state index contributed by atoms with van der Waals surface area (Å²) in [7, 11) is 0. The highest BCUT2D eigenvalue weighted by molar-refractivity contribution is 5.97. The summed E-state index contributed by atoms with van der Waals surface area (Å²) < 4.78 is 10.2. The normalized spacial score (nSPS) is 15.9. The maximum atomic E-state index is 12.2. The molecule has 0 aliphatic carbocycles. The molecule has 0 atom stereocenters. The fourth-order valence-electron chi connectivity index (χ4n) is 1.98. The van der Waals surface area contributed by atoms with Gasteiger partial charge in [0.25, 0.3) is 5.91 Å². The number of aromatic nitrogens is 1. The van der Waals surface area contributed by atoms with Crippen molar-refractivity contribution in [3.63, 3.8) is 0 Å². The van der Waals surface area contributed by atoms with Crippen molar-refractivity contribution < 1.29 is 19.1 Å². The van der Waals surface area contributed by atoms with Gasteiger partial charge in [0, 0.05) is 25.9 Å². The maximum Gasteiger partial charge on any atom is 0.354 e. The van der Waals surface area contributed by atoms with Crippen molar-refractivity contribution in [3.8, 4) is 0 Å². The molecule has 0 radical (unpaired) electrons. The highest BCUT2D eigenvalue weighted by atomic mass is 16.5. The summed E-state index contributed by atoms with van der Waals surface area (Å²) >= 11 is 0. The Kier molecular flexibility index (Phi) is 4.57. The van der Waals surface area contributed by atoms with E-state index < -0.39 is 5.97 Å². The van der Waals surface area contributed by atoms with Gasteiger partial charge >= 0.3 is 5.97 Å². The molecule has 1 aromatic heterocycles. The molecular weight excluding hydrogens is 248 g/mol. The molecule has 0 saturated carbocycles. The fourth-order valence-corrected chi connectivity index (χ4v) is 1.98. The van der Waals surface area contributed by atoms with Gasteiger partial charge in [-0.2, -0.15) is 0 Å². The Bertz CT molecular complexity index is 447. The van der Waals surface area contributed by atoms with Crippen LogP contribution in [0.15, 0.2) is 12.3 Å². The van der Waals surface area contributed by atoms with Crippen molar-refractivity contribution in [2.24, 2.45) is 0 Å². The lowest BCUT2D eigenvalue weighted by molar-refractivity contribution is 0.0520. The second-order valence-corrected chi connectivity index (χ2v) is 4.28. The minimum atomic E-state index is -0.444. The van der Waals surface area contributed by atoms with Crippen LogP contribution in [0.25, 0.3) is 0 Å². The van der Waals surface area contributed by atoms with Gasteiger partial charge in [-0.3, -0.25) is 4.79 Å². The van der Waals surface area contributed by atoms with Crippen molar-refractivity contribution in [1.29, 1.82) is 0 Å². The molecule has 1 aliphatic rings. The largest absolute Gasteiger partial charge is 0.461 e. The Labute approximate surface area is 111 Å². The van der Waals surface area contributed by atoms with E-state index in [0.717, 1.165) is 6.42 Å². The van der Waals surface area contributed by atoms with E-state index in [1.807, 2.05) is 0 Å². The molecule has 6 heteroatoms. The Morgan fingerprint density at radius 2 is 2.26 bits per heavy atom. The highest BCUT2D eigenvalue weighted by Gasteiger charge is 2.20. The van der Waals surface area contributed by atoms with Crippen LogP contribution in [0, 0.1) is 0 Å². The molecule has 0 spiro atoms. The molecule has 0 bridgehead atoms. The van der Waals surface area contributed by atoms with Crippen molar-refractivity contribution in [3.05, 3.63) is 23.5 Å². The van der Waals surface area contributed by atoms with Crippen molar-refractivity contribution >= 4 is 11.9 Å². The molecule has 2 heterocycles. The number of nitrogens with one attached hydrogen (secondary N) is 1. The van der Waals surface area contributed by atoms with E-state index in [0.29, 0.717) is 44.2 Å². The summed E-state index contributed by atoms with van der Waals surface area (Å²) in [5.74, 6) is -0.530. The number of carbonyl (C=O) groups is 2. The van der Waals surface area contributed by atoms with E-state index in [9.17, 15) is 9.59 Å². The van der Waals surface area contributed by atoms with E-state index in [2.05, 4.69) is 4.98 Å². The Morgan fingerprint density at radius 3 is 3.05 bits per heavy atom. The molecule has 1 fully saturated rings. The smallest absolute Gasteiger partial charge is 0.354 e. The molecule has 1 saturated heterocycles. The number of esters is 1. The first-order valence-electron chi connectivity index (χ1n) is 6.45. The lowest BCUT2D eigenvalue weighted by Crippen LogP contribution is -2.32. The topological polar surface area (TPSA) is 71.6 Å². The van der Waals surface area contributed by atoms with Gasteiger partial charge in [0.15, 0.2) is 0 Å². The molecule has 2 rings (SSSR count). The standard InChI is InChI=1S/C13H18N2O4/c1-2-19-13(17)11-8-10(9-14-11)12(16)15-4-3-6-18-7-5-15/h8-9,14H,2-7H2,1H3. The van der Waals surface area contributed by atoms with E-state index in [4.69, 9.17) is 9.47 Å². The van der Waals surface area contributed by atoms with Crippen molar-refractivity contribution in [2.45, 2.75) is 13.3 Å². The summed E-state index contributed by atoms with van der Waals surface area (Å²) in [6.07, 6.45) is 2.38. The van der Waals surface area contributed by atoms with E-state index in [1.54, 1.807) is 18.0 Å². The maximum absolute atomic E-state index is 12.2. The van der Waals surface area contributed by atoms with Crippen LogP contribution in [0.5, 0.6) is 0 Å². The minimum Gasteiger partial charge on any atom is -0.461 e. The molecule has 0 aromatic carbocycles. The van der Waals surface area contributed by atoms with Crippen LogP contribution in [-0.4, -0.2) is 54.7 Å². The first kappa shape index (κ1) is 13.6. The molecular formula is C13H18N2O4. The lowest BCUT2D eigenvalue weighted by Gasteiger charge is -2.18. The molecule has 1 amide bonds. The second-order valence-electron chi connectivity index (χ2n) is 4.28. The number of hydrogen-bond acceptors (Lipinski definition) is 4. The zero-order valence-corrected chi connectivity index (χ0v) is 11.0. The van der Waals surface area contributed by atoms with Gasteiger partial charge in [0.2, 0.25) is 0 Å². The van der Waals surface area contributed by atoms with Crippen molar-refractivity contribution in [2.75, 3.05) is 32.9 Å². The van der Waals surface area contributed by atoms with Crippen LogP contribution in [-0.2, 0) is 9.47 Å². The van der Waals surface area contributed by atoms with Gasteiger partial charge in [-0.25, -0.2) is 4.79 Å². The molecule has 0 unspecified atom stereocenters. The number of carbonyl (C=O) groups excluding carboxylic acids is 2. The molecule has 19 heavy (non-hydrogen) atoms. The number of nitrogens with zero attached hydrogens (tertiary/aromatic N) is 1. The molecule has 1 N–H and O–H groups in total. The number of H-pyrrole nitrogens is 1. The SMILES string of the molecule is CCOC(=O)c1cc(C(=O)N2CCCOCC2)c[nH]1. The first-order chi connectivity index (χ1) is 9.22. The van der Waals surface area contributed by atoms with E-state index in [1.165, 1.54) is 6.07 Å². The summed E-state index contributed by atoms with van der Waals surface area (Å²) in [5, 5.41) is 0. The van der Waals surface area contributed by atoms with Gasteiger partial charge in [0.1, 0.15) is 5.69 Å². The fraction of sp³-hybridized carbons (Fsp3) is 0.538. The zero-order chi connectivity index (χ0) is 13.7. The Hall–Kier alpha value is -1.82. The minimum absolute atomic E-state index is 0.0858. The zero-order valence-electron chi connectivity index (χ0n) is 11.0. The second kappa shape index (κ2) is 6.38. The number of aromatic amines is 1. The third kappa shape index (κ3) is 3.35. The predicted molar refractivity (Wildman–Crippen MR) is 68.1 cm³/mol. The van der Waals surface area contributed by atoms with Crippen LogP contribution in [0.2, 0.25) is 0 Å². The molecule has 1 aliphatic heterocycles. The third-order valence-corrected chi connectivity index (χ3v) is 2.93. The van der Waals surface area contributed by atoms with E-state index >= 15 is 0 Å². The molecule has 104 valence electrons. The van der Waals surface area contributed by atoms with E-state index in [-0.39, 0.29) is 5.91 Å². The first-order valence-corrected chi connectivity index (χ1v) is 6.45. The van der Waals surface area contributed by atoms with Gasteiger partial charge in [-0.05, 0) is 19.4 Å². The Morgan fingerprint density at radius 1 is 1.42 bits per heavy atom. The summed E-state index contributed by atoms with van der Waals surface area (Å²) in [6.45, 7) is 4.55. The van der Waals surface area contributed by atoms with Crippen LogP contribution >= 0.6 is 0 Å². The molecule has 1 aromatic rings. The Balaban J connectivity index is 2.04. The van der Waals surface area contributed by atoms with Crippen LogP contribution in [0.3, 0.4) is 0 Å². The summed E-state index contributed by atoms with van der Waals surface area (Å²) in [6, 6.07) is 1.53. The van der Waals surface area contributed by atoms with Gasteiger partial charge in [-0.1, -0.05) is 0 Å². The van der Waals surface area contributed by atoms with Crippen LogP contribution in [0.1, 0.15) is 34.2 Å².